The Morgan fingerprint density at radius 2 is 1.78 bits per heavy atom. The van der Waals surface area contributed by atoms with E-state index in [1.807, 2.05) is 4.90 Å². The molecule has 2 N–H and O–H groups in total. The molecule has 0 saturated carbocycles. The first-order chi connectivity index (χ1) is 8.69. The van der Waals surface area contributed by atoms with Crippen LogP contribution in [0.4, 0.5) is 4.79 Å². The zero-order valence-corrected chi connectivity index (χ0v) is 11.3. The Hall–Kier alpha value is -0.810. The summed E-state index contributed by atoms with van der Waals surface area (Å²) in [7, 11) is 1.45. The van der Waals surface area contributed by atoms with Gasteiger partial charge in [-0.3, -0.25) is 0 Å². The highest BCUT2D eigenvalue weighted by molar-refractivity contribution is 5.67. The highest BCUT2D eigenvalue weighted by Gasteiger charge is 2.25. The van der Waals surface area contributed by atoms with Crippen molar-refractivity contribution in [2.24, 2.45) is 11.7 Å². The lowest BCUT2D eigenvalue weighted by atomic mass is 9.95. The molecule has 0 aromatic rings. The minimum Gasteiger partial charge on any atom is -0.453 e. The van der Waals surface area contributed by atoms with Crippen molar-refractivity contribution in [2.45, 2.75) is 31.7 Å². The van der Waals surface area contributed by atoms with Crippen LogP contribution in [0.3, 0.4) is 0 Å². The summed E-state index contributed by atoms with van der Waals surface area (Å²) in [6, 6.07) is 0.405. The Bertz CT molecular complexity index is 269. The third-order valence-electron chi connectivity index (χ3n) is 4.20. The van der Waals surface area contributed by atoms with E-state index in [2.05, 4.69) is 4.90 Å². The molecule has 5 heteroatoms. The quantitative estimate of drug-likeness (QED) is 0.796. The lowest BCUT2D eigenvalue weighted by Gasteiger charge is -2.36. The van der Waals surface area contributed by atoms with Crippen molar-refractivity contribution < 1.29 is 9.53 Å². The van der Waals surface area contributed by atoms with E-state index in [0.717, 1.165) is 57.8 Å². The van der Waals surface area contributed by atoms with Crippen LogP contribution in [-0.2, 0) is 4.74 Å². The van der Waals surface area contributed by atoms with Crippen LogP contribution in [0, 0.1) is 5.92 Å². The van der Waals surface area contributed by atoms with Crippen LogP contribution in [0.1, 0.15) is 25.7 Å². The number of amides is 1. The van der Waals surface area contributed by atoms with Crippen LogP contribution in [0.2, 0.25) is 0 Å². The number of piperidine rings is 2. The number of nitrogens with two attached hydrogens (primary N) is 1. The molecule has 0 unspecified atom stereocenters. The van der Waals surface area contributed by atoms with Crippen molar-refractivity contribution in [1.29, 1.82) is 0 Å². The Kier molecular flexibility index (Phi) is 4.83. The molecule has 18 heavy (non-hydrogen) atoms. The van der Waals surface area contributed by atoms with Crippen molar-refractivity contribution in [3.8, 4) is 0 Å². The lowest BCUT2D eigenvalue weighted by Crippen LogP contribution is -2.45. The van der Waals surface area contributed by atoms with Crippen molar-refractivity contribution in [2.75, 3.05) is 39.8 Å². The second kappa shape index (κ2) is 6.38. The maximum atomic E-state index is 11.4. The van der Waals surface area contributed by atoms with Gasteiger partial charge < -0.3 is 20.3 Å². The van der Waals surface area contributed by atoms with E-state index < -0.39 is 0 Å². The predicted molar refractivity (Wildman–Crippen MR) is 70.4 cm³/mol. The highest BCUT2D eigenvalue weighted by Crippen LogP contribution is 2.20. The summed E-state index contributed by atoms with van der Waals surface area (Å²) in [5, 5.41) is 0. The van der Waals surface area contributed by atoms with Gasteiger partial charge in [-0.1, -0.05) is 0 Å². The molecule has 2 aliphatic heterocycles. The van der Waals surface area contributed by atoms with Gasteiger partial charge >= 0.3 is 6.09 Å². The molecule has 0 aliphatic carbocycles. The van der Waals surface area contributed by atoms with Crippen molar-refractivity contribution in [3.05, 3.63) is 0 Å². The topological polar surface area (TPSA) is 58.8 Å². The molecule has 0 spiro atoms. The number of methoxy groups -OCH3 is 1. The third kappa shape index (κ3) is 3.59. The highest BCUT2D eigenvalue weighted by atomic mass is 16.5. The fourth-order valence-electron chi connectivity index (χ4n) is 2.93. The van der Waals surface area contributed by atoms with Gasteiger partial charge in [-0.2, -0.15) is 0 Å². The van der Waals surface area contributed by atoms with Gasteiger partial charge in [-0.25, -0.2) is 4.79 Å². The number of hydrogen-bond acceptors (Lipinski definition) is 4. The zero-order valence-electron chi connectivity index (χ0n) is 11.3. The third-order valence-corrected chi connectivity index (χ3v) is 4.20. The maximum absolute atomic E-state index is 11.4. The van der Waals surface area contributed by atoms with Crippen LogP contribution in [0.5, 0.6) is 0 Å². The standard InChI is InChI=1S/C13H25N3O2/c1-18-13(17)16-8-2-11(3-9-16)10-15-6-4-12(14)5-7-15/h11-12H,2-10,14H2,1H3. The molecule has 104 valence electrons. The van der Waals surface area contributed by atoms with E-state index in [1.165, 1.54) is 13.7 Å². The van der Waals surface area contributed by atoms with Gasteiger partial charge in [0.15, 0.2) is 0 Å². The number of likely N-dealkylation sites (tertiary alicyclic amines) is 2. The summed E-state index contributed by atoms with van der Waals surface area (Å²) >= 11 is 0. The summed E-state index contributed by atoms with van der Waals surface area (Å²) in [6.45, 7) is 5.12. The molecule has 2 heterocycles. The van der Waals surface area contributed by atoms with Gasteiger partial charge in [0.2, 0.25) is 0 Å². The molecule has 2 rings (SSSR count). The van der Waals surface area contributed by atoms with Gasteiger partial charge in [-0.15, -0.1) is 0 Å². The molecule has 0 bridgehead atoms. The van der Waals surface area contributed by atoms with E-state index in [9.17, 15) is 4.79 Å². The average Bonchev–Trinajstić information content (AvgIpc) is 2.41. The molecule has 2 fully saturated rings. The summed E-state index contributed by atoms with van der Waals surface area (Å²) in [5.41, 5.74) is 5.91. The minimum atomic E-state index is -0.183. The average molecular weight is 255 g/mol. The molecule has 0 aromatic heterocycles. The first-order valence-corrected chi connectivity index (χ1v) is 7.00. The van der Waals surface area contributed by atoms with E-state index in [4.69, 9.17) is 10.5 Å². The molecular weight excluding hydrogens is 230 g/mol. The van der Waals surface area contributed by atoms with Crippen molar-refractivity contribution in [3.63, 3.8) is 0 Å². The van der Waals surface area contributed by atoms with Gasteiger partial charge in [0.25, 0.3) is 0 Å². The maximum Gasteiger partial charge on any atom is 0.409 e. The summed E-state index contributed by atoms with van der Waals surface area (Å²) < 4.78 is 4.75. The van der Waals surface area contributed by atoms with E-state index in [1.54, 1.807) is 0 Å². The number of carbonyl (C=O) groups is 1. The summed E-state index contributed by atoms with van der Waals surface area (Å²) in [4.78, 5) is 15.7. The number of hydrogen-bond donors (Lipinski definition) is 1. The summed E-state index contributed by atoms with van der Waals surface area (Å²) in [6.07, 6.45) is 4.26. The van der Waals surface area contributed by atoms with Crippen LogP contribution >= 0.6 is 0 Å². The first kappa shape index (κ1) is 13.6. The van der Waals surface area contributed by atoms with Crippen LogP contribution in [0.15, 0.2) is 0 Å². The van der Waals surface area contributed by atoms with Gasteiger partial charge in [-0.05, 0) is 44.7 Å². The fourth-order valence-corrected chi connectivity index (χ4v) is 2.93. The molecule has 0 radical (unpaired) electrons. The molecular formula is C13H25N3O2. The largest absolute Gasteiger partial charge is 0.453 e. The van der Waals surface area contributed by atoms with Gasteiger partial charge in [0.05, 0.1) is 7.11 Å². The Morgan fingerprint density at radius 3 is 2.33 bits per heavy atom. The van der Waals surface area contributed by atoms with Crippen LogP contribution in [0.25, 0.3) is 0 Å². The predicted octanol–water partition coefficient (Wildman–Crippen LogP) is 0.888. The zero-order chi connectivity index (χ0) is 13.0. The molecule has 5 nitrogen and oxygen atoms in total. The monoisotopic (exact) mass is 255 g/mol. The Labute approximate surface area is 109 Å². The molecule has 0 atom stereocenters. The molecule has 2 aliphatic rings. The van der Waals surface area contributed by atoms with E-state index in [0.29, 0.717) is 6.04 Å². The number of rotatable bonds is 2. The molecule has 2 saturated heterocycles. The van der Waals surface area contributed by atoms with Gasteiger partial charge in [0, 0.05) is 25.7 Å². The van der Waals surface area contributed by atoms with Crippen LogP contribution in [-0.4, -0.2) is 61.8 Å². The fraction of sp³-hybridized carbons (Fsp3) is 0.923. The number of nitrogens with zero attached hydrogens (tertiary/aromatic N) is 2. The SMILES string of the molecule is COC(=O)N1CCC(CN2CCC(N)CC2)CC1. The smallest absolute Gasteiger partial charge is 0.409 e. The Balaban J connectivity index is 1.69. The number of carbonyl (C=O) groups excluding carboxylic acids is 1. The molecule has 1 amide bonds. The minimum absolute atomic E-state index is 0.183. The second-order valence-corrected chi connectivity index (χ2v) is 5.54. The first-order valence-electron chi connectivity index (χ1n) is 7.00. The summed E-state index contributed by atoms with van der Waals surface area (Å²) in [5.74, 6) is 0.722. The molecule has 0 aromatic carbocycles. The van der Waals surface area contributed by atoms with Crippen molar-refractivity contribution in [1.82, 2.24) is 9.80 Å². The van der Waals surface area contributed by atoms with E-state index >= 15 is 0 Å². The normalized spacial score (nSPS) is 24.2. The Morgan fingerprint density at radius 1 is 1.17 bits per heavy atom. The van der Waals surface area contributed by atoms with Crippen LogP contribution < -0.4 is 5.73 Å². The van der Waals surface area contributed by atoms with Crippen molar-refractivity contribution >= 4 is 6.09 Å². The van der Waals surface area contributed by atoms with Gasteiger partial charge in [0.1, 0.15) is 0 Å². The lowest BCUT2D eigenvalue weighted by molar-refractivity contribution is 0.0942. The number of ether oxygens (including phenoxy) is 1. The second-order valence-electron chi connectivity index (χ2n) is 5.54. The van der Waals surface area contributed by atoms with E-state index in [-0.39, 0.29) is 6.09 Å².